The van der Waals surface area contributed by atoms with Crippen LogP contribution in [0, 0.1) is 5.92 Å². The minimum Gasteiger partial charge on any atom is -0.387 e. The number of Topliss-reactive ketones (excluding diaryl/α,β-unsaturated/α-hetero) is 1. The van der Waals surface area contributed by atoms with Crippen LogP contribution < -0.4 is 16.4 Å². The second kappa shape index (κ2) is 8.47. The highest BCUT2D eigenvalue weighted by atomic mass is 16.2. The SMILES string of the molecule is CCCC1C(=O)C(c2ccccc2)(c2cccc(NC(=O)NC(C)C)c2)N=C1N. The molecule has 4 N–H and O–H groups in total. The number of amides is 2. The first kappa shape index (κ1) is 20.6. The van der Waals surface area contributed by atoms with E-state index in [9.17, 15) is 9.59 Å². The number of amidine groups is 1. The summed E-state index contributed by atoms with van der Waals surface area (Å²) in [7, 11) is 0. The van der Waals surface area contributed by atoms with E-state index in [-0.39, 0.29) is 17.9 Å². The van der Waals surface area contributed by atoms with Gasteiger partial charge < -0.3 is 16.4 Å². The number of hydrogen-bond acceptors (Lipinski definition) is 4. The van der Waals surface area contributed by atoms with Crippen molar-refractivity contribution in [1.29, 1.82) is 0 Å². The van der Waals surface area contributed by atoms with Crippen molar-refractivity contribution >= 4 is 23.3 Å². The van der Waals surface area contributed by atoms with Gasteiger partial charge in [-0.05, 0) is 43.5 Å². The Kier molecular flexibility index (Phi) is 6.01. The number of nitrogens with one attached hydrogen (secondary N) is 2. The number of ketones is 1. The van der Waals surface area contributed by atoms with E-state index in [0.717, 1.165) is 12.0 Å². The summed E-state index contributed by atoms with van der Waals surface area (Å²) in [5.74, 6) is -0.0514. The van der Waals surface area contributed by atoms with Gasteiger partial charge in [-0.15, -0.1) is 0 Å². The summed E-state index contributed by atoms with van der Waals surface area (Å²) in [6, 6.07) is 16.5. The molecule has 0 saturated heterocycles. The number of carbonyl (C=O) groups excluding carboxylic acids is 2. The van der Waals surface area contributed by atoms with Crippen LogP contribution in [0.5, 0.6) is 0 Å². The molecule has 2 unspecified atom stereocenters. The number of aliphatic imine (C=N–C) groups is 1. The fourth-order valence-electron chi connectivity index (χ4n) is 3.79. The first-order valence-electron chi connectivity index (χ1n) is 10.0. The standard InChI is InChI=1S/C23H28N4O2/c1-4-9-19-20(28)23(27-21(19)24,16-10-6-5-7-11-16)17-12-8-13-18(14-17)26-22(29)25-15(2)3/h5-8,10-15,19H,4,9H2,1-3H3,(H2,24,27)(H2,25,26,29). The Morgan fingerprint density at radius 2 is 1.83 bits per heavy atom. The van der Waals surface area contributed by atoms with E-state index in [0.29, 0.717) is 23.5 Å². The molecule has 2 aromatic carbocycles. The number of nitrogens with two attached hydrogens (primary N) is 1. The van der Waals surface area contributed by atoms with E-state index in [4.69, 9.17) is 10.7 Å². The molecule has 29 heavy (non-hydrogen) atoms. The van der Waals surface area contributed by atoms with Gasteiger partial charge in [-0.3, -0.25) is 4.79 Å². The minimum atomic E-state index is -1.20. The highest BCUT2D eigenvalue weighted by Crippen LogP contribution is 2.43. The molecular weight excluding hydrogens is 364 g/mol. The quantitative estimate of drug-likeness (QED) is 0.697. The third kappa shape index (κ3) is 4.01. The Hall–Kier alpha value is -3.15. The van der Waals surface area contributed by atoms with E-state index in [1.165, 1.54) is 0 Å². The Morgan fingerprint density at radius 1 is 1.14 bits per heavy atom. The lowest BCUT2D eigenvalue weighted by Crippen LogP contribution is -2.36. The van der Waals surface area contributed by atoms with Crippen LogP contribution in [0.3, 0.4) is 0 Å². The lowest BCUT2D eigenvalue weighted by molar-refractivity contribution is -0.124. The van der Waals surface area contributed by atoms with Crippen LogP contribution >= 0.6 is 0 Å². The maximum Gasteiger partial charge on any atom is 0.319 e. The summed E-state index contributed by atoms with van der Waals surface area (Å²) in [6.07, 6.45) is 1.51. The van der Waals surface area contributed by atoms with Crippen molar-refractivity contribution in [2.75, 3.05) is 5.32 Å². The molecule has 0 fully saturated rings. The smallest absolute Gasteiger partial charge is 0.319 e. The van der Waals surface area contributed by atoms with Gasteiger partial charge in [0.2, 0.25) is 0 Å². The Labute approximate surface area is 171 Å². The second-order valence-corrected chi connectivity index (χ2v) is 7.65. The Balaban J connectivity index is 2.07. The molecule has 2 amide bonds. The van der Waals surface area contributed by atoms with Gasteiger partial charge in [-0.2, -0.15) is 0 Å². The van der Waals surface area contributed by atoms with Crippen molar-refractivity contribution < 1.29 is 9.59 Å². The van der Waals surface area contributed by atoms with Crippen molar-refractivity contribution in [3.63, 3.8) is 0 Å². The summed E-state index contributed by atoms with van der Waals surface area (Å²) < 4.78 is 0. The molecule has 152 valence electrons. The maximum absolute atomic E-state index is 13.6. The molecule has 0 spiro atoms. The van der Waals surface area contributed by atoms with Crippen LogP contribution in [0.15, 0.2) is 59.6 Å². The van der Waals surface area contributed by atoms with E-state index >= 15 is 0 Å². The molecule has 1 aliphatic heterocycles. The third-order valence-corrected chi connectivity index (χ3v) is 5.05. The van der Waals surface area contributed by atoms with Gasteiger partial charge in [0.15, 0.2) is 11.3 Å². The summed E-state index contributed by atoms with van der Waals surface area (Å²) in [5, 5.41) is 5.62. The van der Waals surface area contributed by atoms with E-state index in [1.54, 1.807) is 12.1 Å². The van der Waals surface area contributed by atoms with E-state index < -0.39 is 11.5 Å². The zero-order chi connectivity index (χ0) is 21.0. The molecule has 6 heteroatoms. The van der Waals surface area contributed by atoms with Crippen molar-refractivity contribution in [2.24, 2.45) is 16.6 Å². The molecule has 1 aliphatic rings. The number of rotatable bonds is 6. The maximum atomic E-state index is 13.6. The van der Waals surface area contributed by atoms with Crippen molar-refractivity contribution in [3.8, 4) is 0 Å². The molecule has 2 aromatic rings. The normalized spacial score (nSPS) is 21.2. The fourth-order valence-corrected chi connectivity index (χ4v) is 3.79. The van der Waals surface area contributed by atoms with Gasteiger partial charge in [-0.1, -0.05) is 55.8 Å². The van der Waals surface area contributed by atoms with Crippen molar-refractivity contribution in [2.45, 2.75) is 45.2 Å². The predicted octanol–water partition coefficient (Wildman–Crippen LogP) is 3.82. The van der Waals surface area contributed by atoms with E-state index in [2.05, 4.69) is 10.6 Å². The number of hydrogen-bond donors (Lipinski definition) is 3. The zero-order valence-corrected chi connectivity index (χ0v) is 17.1. The highest BCUT2D eigenvalue weighted by Gasteiger charge is 2.50. The van der Waals surface area contributed by atoms with Gasteiger partial charge in [0.1, 0.15) is 5.84 Å². The van der Waals surface area contributed by atoms with Crippen LogP contribution in [-0.2, 0) is 10.3 Å². The van der Waals surface area contributed by atoms with Crippen molar-refractivity contribution in [3.05, 3.63) is 65.7 Å². The number of carbonyl (C=O) groups is 2. The highest BCUT2D eigenvalue weighted by molar-refractivity contribution is 6.15. The number of nitrogens with zero attached hydrogens (tertiary/aromatic N) is 1. The topological polar surface area (TPSA) is 96.6 Å². The van der Waals surface area contributed by atoms with Crippen LogP contribution in [0.2, 0.25) is 0 Å². The molecule has 3 rings (SSSR count). The molecule has 0 bridgehead atoms. The number of anilines is 1. The van der Waals surface area contributed by atoms with Crippen LogP contribution in [0.4, 0.5) is 10.5 Å². The van der Waals surface area contributed by atoms with E-state index in [1.807, 2.05) is 63.2 Å². The van der Waals surface area contributed by atoms with Crippen LogP contribution in [-0.4, -0.2) is 23.7 Å². The zero-order valence-electron chi connectivity index (χ0n) is 17.1. The van der Waals surface area contributed by atoms with Crippen LogP contribution in [0.25, 0.3) is 0 Å². The first-order valence-corrected chi connectivity index (χ1v) is 10.0. The van der Waals surface area contributed by atoms with Crippen LogP contribution in [0.1, 0.15) is 44.7 Å². The molecule has 0 aliphatic carbocycles. The second-order valence-electron chi connectivity index (χ2n) is 7.65. The Morgan fingerprint density at radius 3 is 2.48 bits per heavy atom. The van der Waals surface area contributed by atoms with Gasteiger partial charge in [-0.25, -0.2) is 9.79 Å². The summed E-state index contributed by atoms with van der Waals surface area (Å²) in [6.45, 7) is 5.81. The lowest BCUT2D eigenvalue weighted by Gasteiger charge is -2.27. The monoisotopic (exact) mass is 392 g/mol. The largest absolute Gasteiger partial charge is 0.387 e. The summed E-state index contributed by atoms with van der Waals surface area (Å²) in [5.41, 5.74) is 7.09. The predicted molar refractivity (Wildman–Crippen MR) is 116 cm³/mol. The average Bonchev–Trinajstić information content (AvgIpc) is 2.94. The average molecular weight is 393 g/mol. The number of urea groups is 1. The van der Waals surface area contributed by atoms with Gasteiger partial charge in [0.25, 0.3) is 0 Å². The molecule has 0 radical (unpaired) electrons. The van der Waals surface area contributed by atoms with Crippen molar-refractivity contribution in [1.82, 2.24) is 5.32 Å². The summed E-state index contributed by atoms with van der Waals surface area (Å²) >= 11 is 0. The van der Waals surface area contributed by atoms with Gasteiger partial charge in [0.05, 0.1) is 5.92 Å². The molecular formula is C23H28N4O2. The molecule has 0 aromatic heterocycles. The fraction of sp³-hybridized carbons (Fsp3) is 0.348. The first-order chi connectivity index (χ1) is 13.9. The summed E-state index contributed by atoms with van der Waals surface area (Å²) in [4.78, 5) is 30.5. The molecule has 2 atom stereocenters. The van der Waals surface area contributed by atoms with Gasteiger partial charge in [0, 0.05) is 11.7 Å². The third-order valence-electron chi connectivity index (χ3n) is 5.05. The minimum absolute atomic E-state index is 0.0180. The number of benzene rings is 2. The molecule has 6 nitrogen and oxygen atoms in total. The van der Waals surface area contributed by atoms with Gasteiger partial charge >= 0.3 is 6.03 Å². The Bertz CT molecular complexity index is 923. The molecule has 1 heterocycles. The molecule has 0 saturated carbocycles. The lowest BCUT2D eigenvalue weighted by atomic mass is 9.77.